The normalized spacial score (nSPS) is 22.4. The summed E-state index contributed by atoms with van der Waals surface area (Å²) in [5.41, 5.74) is 0. The van der Waals surface area contributed by atoms with Crippen LogP contribution in [0.2, 0.25) is 0 Å². The number of rotatable bonds is 0. The zero-order valence-electron chi connectivity index (χ0n) is 9.11. The van der Waals surface area contributed by atoms with Gasteiger partial charge in [0.1, 0.15) is 0 Å². The van der Waals surface area contributed by atoms with E-state index in [1.54, 1.807) is 48.5 Å². The van der Waals surface area contributed by atoms with Crippen LogP contribution < -0.4 is 23.0 Å². The third-order valence-corrected chi connectivity index (χ3v) is 4.67. The molecule has 18 heavy (non-hydrogen) atoms. The summed E-state index contributed by atoms with van der Waals surface area (Å²) in [7, 11) is -4.81. The molecule has 4 rings (SSSR count). The molecule has 5 nitrogen and oxygen atoms in total. The molecule has 2 aliphatic heterocycles. The van der Waals surface area contributed by atoms with Crippen LogP contribution in [0.25, 0.3) is 0 Å². The number of benzene rings is 2. The molecule has 2 aromatic rings. The van der Waals surface area contributed by atoms with E-state index < -0.39 is 7.74 Å². The van der Waals surface area contributed by atoms with Crippen molar-refractivity contribution in [2.75, 3.05) is 0 Å². The molecule has 0 N–H and O–H groups in total. The Morgan fingerprint density at radius 1 is 0.611 bits per heavy atom. The van der Waals surface area contributed by atoms with Crippen LogP contribution in [-0.2, 0) is 0 Å². The third-order valence-electron chi connectivity index (χ3n) is 2.69. The number of hydrogen-bond donors (Lipinski definition) is 0. The van der Waals surface area contributed by atoms with Crippen molar-refractivity contribution < 1.29 is 23.0 Å². The Hall–Kier alpha value is -1.97. The molecule has 0 bridgehead atoms. The first kappa shape index (κ1) is 10.00. The fourth-order valence-corrected chi connectivity index (χ4v) is 4.07. The van der Waals surface area contributed by atoms with Gasteiger partial charge in [-0.05, 0) is 0 Å². The van der Waals surface area contributed by atoms with E-state index in [0.29, 0.717) is 23.0 Å². The fourth-order valence-electron chi connectivity index (χ4n) is 1.96. The van der Waals surface area contributed by atoms with E-state index in [1.807, 2.05) is 0 Å². The standard InChI is InChI=1S/C12H8O5P/c13-18(14-9-5-1-2-6-10(9)15-18)16-11-7-3-4-8-12(11)17-18/h1-8H/q-1. The molecule has 92 valence electrons. The Morgan fingerprint density at radius 3 is 1.17 bits per heavy atom. The first-order valence-electron chi connectivity index (χ1n) is 5.38. The molecule has 6 heteroatoms. The van der Waals surface area contributed by atoms with Gasteiger partial charge in [0.25, 0.3) is 0 Å². The van der Waals surface area contributed by atoms with Crippen molar-refractivity contribution in [3.05, 3.63) is 48.5 Å². The Kier molecular flexibility index (Phi) is 1.60. The predicted molar refractivity (Wildman–Crippen MR) is 62.3 cm³/mol. The predicted octanol–water partition coefficient (Wildman–Crippen LogP) is 2.42. The van der Waals surface area contributed by atoms with Crippen LogP contribution in [0.5, 0.6) is 23.0 Å². The quantitative estimate of drug-likeness (QED) is 0.683. The molecule has 0 unspecified atom stereocenters. The molecule has 0 radical (unpaired) electrons. The summed E-state index contributed by atoms with van der Waals surface area (Å²) in [6.45, 7) is 0. The second-order valence-electron chi connectivity index (χ2n) is 4.00. The zero-order chi connectivity index (χ0) is 12.2. The van der Waals surface area contributed by atoms with E-state index in [4.69, 9.17) is 18.1 Å². The second-order valence-corrected chi connectivity index (χ2v) is 6.22. The second kappa shape index (κ2) is 2.88. The monoisotopic (exact) mass is 263 g/mol. The van der Waals surface area contributed by atoms with E-state index in [9.17, 15) is 4.89 Å². The van der Waals surface area contributed by atoms with E-state index in [0.717, 1.165) is 0 Å². The molecule has 0 aliphatic carbocycles. The first-order chi connectivity index (χ1) is 8.64. The summed E-state index contributed by atoms with van der Waals surface area (Å²) in [5.74, 6) is 1.38. The molecular formula is C12H8O5P-. The number of fused-ring (bicyclic) bond motifs is 2. The van der Waals surface area contributed by atoms with E-state index >= 15 is 0 Å². The maximum atomic E-state index is 12.8. The topological polar surface area (TPSA) is 60.0 Å². The summed E-state index contributed by atoms with van der Waals surface area (Å²) in [6, 6.07) is 13.6. The van der Waals surface area contributed by atoms with Gasteiger partial charge in [0.15, 0.2) is 0 Å². The van der Waals surface area contributed by atoms with Crippen molar-refractivity contribution in [3.63, 3.8) is 0 Å². The van der Waals surface area contributed by atoms with Crippen LogP contribution in [0.3, 0.4) is 0 Å². The Balaban J connectivity index is 1.80. The van der Waals surface area contributed by atoms with Gasteiger partial charge in [-0.15, -0.1) is 0 Å². The molecule has 0 amide bonds. The van der Waals surface area contributed by atoms with Gasteiger partial charge in [-0.1, -0.05) is 0 Å². The molecule has 2 aromatic carbocycles. The van der Waals surface area contributed by atoms with Crippen molar-refractivity contribution in [1.82, 2.24) is 0 Å². The van der Waals surface area contributed by atoms with Crippen molar-refractivity contribution in [3.8, 4) is 23.0 Å². The van der Waals surface area contributed by atoms with Gasteiger partial charge in [-0.2, -0.15) is 0 Å². The van der Waals surface area contributed by atoms with E-state index in [2.05, 4.69) is 0 Å². The number of hydrogen-bond acceptors (Lipinski definition) is 5. The Morgan fingerprint density at radius 2 is 0.889 bits per heavy atom. The summed E-state index contributed by atoms with van der Waals surface area (Å²) in [4.78, 5) is 12.8. The molecule has 2 heterocycles. The molecule has 1 spiro atoms. The van der Waals surface area contributed by atoms with Gasteiger partial charge in [0.05, 0.1) is 0 Å². The van der Waals surface area contributed by atoms with Crippen LogP contribution in [-0.4, -0.2) is 0 Å². The van der Waals surface area contributed by atoms with Crippen LogP contribution in [0.1, 0.15) is 0 Å². The van der Waals surface area contributed by atoms with Crippen LogP contribution in [0, 0.1) is 0 Å². The molecular weight excluding hydrogens is 255 g/mol. The van der Waals surface area contributed by atoms with Gasteiger partial charge in [-0.25, -0.2) is 0 Å². The minimum atomic E-state index is -4.81. The van der Waals surface area contributed by atoms with Crippen LogP contribution in [0.4, 0.5) is 0 Å². The zero-order valence-corrected chi connectivity index (χ0v) is 10.0. The van der Waals surface area contributed by atoms with Crippen molar-refractivity contribution in [2.24, 2.45) is 0 Å². The van der Waals surface area contributed by atoms with Gasteiger partial charge in [0, 0.05) is 0 Å². The van der Waals surface area contributed by atoms with Gasteiger partial charge in [0.2, 0.25) is 0 Å². The molecule has 2 aliphatic rings. The number of para-hydroxylation sites is 4. The average Bonchev–Trinajstić information content (AvgIpc) is 2.81. The molecule has 0 saturated carbocycles. The minimum absolute atomic E-state index is 0.345. The summed E-state index contributed by atoms with van der Waals surface area (Å²) in [5, 5.41) is 0. The molecule has 0 fully saturated rings. The van der Waals surface area contributed by atoms with Gasteiger partial charge < -0.3 is 0 Å². The Labute approximate surface area is 103 Å². The fraction of sp³-hybridized carbons (Fsp3) is 0. The van der Waals surface area contributed by atoms with Gasteiger partial charge in [-0.3, -0.25) is 0 Å². The maximum absolute atomic E-state index is 12.8. The van der Waals surface area contributed by atoms with Crippen molar-refractivity contribution >= 4 is 7.74 Å². The molecule has 0 aromatic heterocycles. The molecule has 0 saturated heterocycles. The van der Waals surface area contributed by atoms with Crippen molar-refractivity contribution in [2.45, 2.75) is 0 Å². The molecule has 0 atom stereocenters. The van der Waals surface area contributed by atoms with Crippen LogP contribution in [0.15, 0.2) is 48.5 Å². The third kappa shape index (κ3) is 1.23. The van der Waals surface area contributed by atoms with Gasteiger partial charge >= 0.3 is 102 Å². The van der Waals surface area contributed by atoms with E-state index in [-0.39, 0.29) is 0 Å². The average molecular weight is 263 g/mol. The summed E-state index contributed by atoms with van der Waals surface area (Å²) in [6.07, 6.45) is 0. The van der Waals surface area contributed by atoms with Crippen LogP contribution >= 0.6 is 7.74 Å². The Bertz CT molecular complexity index is 543. The van der Waals surface area contributed by atoms with E-state index in [1.165, 1.54) is 0 Å². The summed E-state index contributed by atoms with van der Waals surface area (Å²) >= 11 is 0. The summed E-state index contributed by atoms with van der Waals surface area (Å²) < 4.78 is 21.3. The van der Waals surface area contributed by atoms with Crippen molar-refractivity contribution in [1.29, 1.82) is 0 Å². The SMILES string of the molecule is [O-]P12(Oc3ccccc3O1)Oc1ccccc1O2. The first-order valence-corrected chi connectivity index (χ1v) is 7.21.